The number of thiazole rings is 1. The number of hydrogen-bond donors (Lipinski definition) is 2. The first-order valence-corrected chi connectivity index (χ1v) is 10.9. The number of amides is 2. The number of nitrogens with one attached hydrogen (secondary N) is 2. The van der Waals surface area contributed by atoms with Crippen LogP contribution in [0.1, 0.15) is 16.1 Å². The molecule has 5 aromatic rings. The minimum absolute atomic E-state index is 0.0216. The van der Waals surface area contributed by atoms with Crippen LogP contribution >= 0.6 is 11.3 Å². The average molecular weight is 455 g/mol. The molecule has 5 rings (SSSR count). The number of fused-ring (bicyclic) bond motifs is 1. The maximum atomic E-state index is 13.0. The van der Waals surface area contributed by atoms with Gasteiger partial charge in [0, 0.05) is 17.0 Å². The molecule has 1 aromatic carbocycles. The number of rotatable bonds is 5. The van der Waals surface area contributed by atoms with Crippen molar-refractivity contribution in [2.45, 2.75) is 6.42 Å². The minimum atomic E-state index is -0.450. The molecule has 9 heteroatoms. The molecule has 0 aliphatic carbocycles. The minimum Gasteiger partial charge on any atom is -0.462 e. The average Bonchev–Trinajstić information content (AvgIpc) is 3.55. The summed E-state index contributed by atoms with van der Waals surface area (Å²) < 4.78 is 5.32. The van der Waals surface area contributed by atoms with Crippen LogP contribution in [-0.4, -0.2) is 26.8 Å². The molecule has 8 nitrogen and oxygen atoms in total. The van der Waals surface area contributed by atoms with Crippen molar-refractivity contribution in [3.8, 4) is 22.2 Å². The summed E-state index contributed by atoms with van der Waals surface area (Å²) >= 11 is 1.39. The van der Waals surface area contributed by atoms with Crippen molar-refractivity contribution in [3.05, 3.63) is 89.8 Å². The number of hydrazine groups is 1. The van der Waals surface area contributed by atoms with Gasteiger partial charge < -0.3 is 4.42 Å². The summed E-state index contributed by atoms with van der Waals surface area (Å²) in [6.07, 6.45) is 3.26. The zero-order valence-corrected chi connectivity index (χ0v) is 18.0. The third kappa shape index (κ3) is 4.48. The van der Waals surface area contributed by atoms with E-state index in [0.29, 0.717) is 44.3 Å². The van der Waals surface area contributed by atoms with Crippen molar-refractivity contribution in [3.63, 3.8) is 0 Å². The van der Waals surface area contributed by atoms with Gasteiger partial charge in [-0.3, -0.25) is 25.4 Å². The molecule has 0 saturated carbocycles. The van der Waals surface area contributed by atoms with Gasteiger partial charge in [0.15, 0.2) is 10.8 Å². The maximum absolute atomic E-state index is 13.0. The number of furan rings is 1. The van der Waals surface area contributed by atoms with Gasteiger partial charge in [-0.15, -0.1) is 11.3 Å². The summed E-state index contributed by atoms with van der Waals surface area (Å²) in [5.74, 6) is -0.190. The molecular weight excluding hydrogens is 438 g/mol. The van der Waals surface area contributed by atoms with E-state index in [1.54, 1.807) is 36.0 Å². The Hall–Kier alpha value is -4.37. The van der Waals surface area contributed by atoms with Crippen LogP contribution in [0.5, 0.6) is 0 Å². The van der Waals surface area contributed by atoms with Gasteiger partial charge in [-0.25, -0.2) is 9.97 Å². The number of aromatic nitrogens is 3. The fourth-order valence-corrected chi connectivity index (χ4v) is 4.10. The Kier molecular flexibility index (Phi) is 5.61. The molecule has 0 unspecified atom stereocenters. The molecular formula is C24H17N5O3S. The molecule has 2 N–H and O–H groups in total. The predicted octanol–water partition coefficient (Wildman–Crippen LogP) is 4.02. The first-order chi connectivity index (χ1) is 16.2. The number of pyridine rings is 2. The molecule has 0 bridgehead atoms. The Morgan fingerprint density at radius 2 is 1.82 bits per heavy atom. The normalized spacial score (nSPS) is 10.8. The molecule has 4 heterocycles. The summed E-state index contributed by atoms with van der Waals surface area (Å²) in [6, 6.07) is 18.1. The lowest BCUT2D eigenvalue weighted by Crippen LogP contribution is -2.42. The lowest BCUT2D eigenvalue weighted by molar-refractivity contribution is -0.121. The highest BCUT2D eigenvalue weighted by Crippen LogP contribution is 2.25. The van der Waals surface area contributed by atoms with Crippen LogP contribution in [0.15, 0.2) is 82.9 Å². The maximum Gasteiger partial charge on any atom is 0.270 e. The van der Waals surface area contributed by atoms with E-state index in [1.807, 2.05) is 42.5 Å². The zero-order chi connectivity index (χ0) is 22.6. The van der Waals surface area contributed by atoms with Gasteiger partial charge in [-0.05, 0) is 36.4 Å². The third-order valence-electron chi connectivity index (χ3n) is 4.83. The summed E-state index contributed by atoms with van der Waals surface area (Å²) in [6.45, 7) is 0. The number of hydrogen-bond acceptors (Lipinski definition) is 7. The Morgan fingerprint density at radius 3 is 2.64 bits per heavy atom. The number of benzene rings is 1. The predicted molar refractivity (Wildman–Crippen MR) is 124 cm³/mol. The van der Waals surface area contributed by atoms with Crippen molar-refractivity contribution in [1.29, 1.82) is 0 Å². The largest absolute Gasteiger partial charge is 0.462 e. The van der Waals surface area contributed by atoms with E-state index < -0.39 is 5.91 Å². The SMILES string of the molecule is O=C(Cc1csc(-c2ccco2)n1)NNC(=O)c1cc(-c2ccccn2)nc2ccccc12. The first-order valence-electron chi connectivity index (χ1n) is 10.1. The standard InChI is InChI=1S/C24H17N5O3S/c30-22(12-15-14-33-24(26-15)21-9-5-11-32-21)28-29-23(31)17-13-20(19-8-3-4-10-25-19)27-18-7-2-1-6-16(17)18/h1-11,13-14H,12H2,(H,28,30)(H,29,31). The third-order valence-corrected chi connectivity index (χ3v) is 5.73. The molecule has 0 fully saturated rings. The number of carbonyl (C=O) groups excluding carboxylic acids is 2. The Bertz CT molecular complexity index is 1430. The van der Waals surface area contributed by atoms with E-state index in [9.17, 15) is 9.59 Å². The van der Waals surface area contributed by atoms with Crippen LogP contribution in [0.2, 0.25) is 0 Å². The Labute approximate surface area is 192 Å². The van der Waals surface area contributed by atoms with E-state index in [4.69, 9.17) is 4.42 Å². The molecule has 4 aromatic heterocycles. The summed E-state index contributed by atoms with van der Waals surface area (Å²) in [5.41, 5.74) is 7.81. The van der Waals surface area contributed by atoms with Crippen molar-refractivity contribution in [1.82, 2.24) is 25.8 Å². The molecule has 2 amide bonds. The fraction of sp³-hybridized carbons (Fsp3) is 0.0417. The second kappa shape index (κ2) is 9.01. The fourth-order valence-electron chi connectivity index (χ4n) is 3.31. The van der Waals surface area contributed by atoms with Crippen LogP contribution in [0.3, 0.4) is 0 Å². The van der Waals surface area contributed by atoms with E-state index in [0.717, 1.165) is 0 Å². The van der Waals surface area contributed by atoms with Crippen LogP contribution in [0.25, 0.3) is 33.1 Å². The van der Waals surface area contributed by atoms with Gasteiger partial charge in [0.05, 0.1) is 40.8 Å². The van der Waals surface area contributed by atoms with E-state index in [-0.39, 0.29) is 12.3 Å². The Balaban J connectivity index is 1.31. The first kappa shape index (κ1) is 20.5. The van der Waals surface area contributed by atoms with E-state index >= 15 is 0 Å². The van der Waals surface area contributed by atoms with Crippen molar-refractivity contribution >= 4 is 34.1 Å². The summed E-state index contributed by atoms with van der Waals surface area (Å²) in [5, 5.41) is 3.15. The molecule has 33 heavy (non-hydrogen) atoms. The van der Waals surface area contributed by atoms with Gasteiger partial charge in [0.1, 0.15) is 0 Å². The van der Waals surface area contributed by atoms with E-state index in [2.05, 4.69) is 25.8 Å². The van der Waals surface area contributed by atoms with Crippen LogP contribution < -0.4 is 10.9 Å². The van der Waals surface area contributed by atoms with Gasteiger partial charge in [-0.2, -0.15) is 0 Å². The molecule has 0 radical (unpaired) electrons. The van der Waals surface area contributed by atoms with Gasteiger partial charge in [-0.1, -0.05) is 24.3 Å². The topological polar surface area (TPSA) is 110 Å². The van der Waals surface area contributed by atoms with Crippen LogP contribution in [0.4, 0.5) is 0 Å². The molecule has 0 aliphatic rings. The highest BCUT2D eigenvalue weighted by molar-refractivity contribution is 7.13. The van der Waals surface area contributed by atoms with Crippen LogP contribution in [-0.2, 0) is 11.2 Å². The van der Waals surface area contributed by atoms with Crippen molar-refractivity contribution in [2.75, 3.05) is 0 Å². The van der Waals surface area contributed by atoms with Gasteiger partial charge >= 0.3 is 0 Å². The quantitative estimate of drug-likeness (QED) is 0.388. The van der Waals surface area contributed by atoms with Gasteiger partial charge in [0.2, 0.25) is 5.91 Å². The molecule has 0 saturated heterocycles. The monoisotopic (exact) mass is 455 g/mol. The number of nitrogens with zero attached hydrogens (tertiary/aromatic N) is 3. The highest BCUT2D eigenvalue weighted by atomic mass is 32.1. The van der Waals surface area contributed by atoms with E-state index in [1.165, 1.54) is 11.3 Å². The molecule has 0 atom stereocenters. The van der Waals surface area contributed by atoms with Crippen LogP contribution in [0, 0.1) is 0 Å². The second-order valence-corrected chi connectivity index (χ2v) is 7.95. The molecule has 162 valence electrons. The lowest BCUT2D eigenvalue weighted by Gasteiger charge is -2.11. The van der Waals surface area contributed by atoms with Gasteiger partial charge in [0.25, 0.3) is 5.91 Å². The highest BCUT2D eigenvalue weighted by Gasteiger charge is 2.16. The summed E-state index contributed by atoms with van der Waals surface area (Å²) in [7, 11) is 0. The lowest BCUT2D eigenvalue weighted by atomic mass is 10.1. The zero-order valence-electron chi connectivity index (χ0n) is 17.2. The number of para-hydroxylation sites is 1. The smallest absolute Gasteiger partial charge is 0.270 e. The summed E-state index contributed by atoms with van der Waals surface area (Å²) in [4.78, 5) is 38.7. The van der Waals surface area contributed by atoms with Crippen molar-refractivity contribution < 1.29 is 14.0 Å². The second-order valence-electron chi connectivity index (χ2n) is 7.09. The molecule has 0 spiro atoms. The molecule has 0 aliphatic heterocycles. The number of carbonyl (C=O) groups is 2. The van der Waals surface area contributed by atoms with Crippen molar-refractivity contribution in [2.24, 2.45) is 0 Å². The Morgan fingerprint density at radius 1 is 0.939 bits per heavy atom.